The maximum absolute atomic E-state index is 4.61. The van der Waals surface area contributed by atoms with Gasteiger partial charge in [-0.05, 0) is 77.3 Å². The van der Waals surface area contributed by atoms with E-state index >= 15 is 0 Å². The molecule has 0 unspecified atom stereocenters. The average molecular weight is 342 g/mol. The Morgan fingerprint density at radius 3 is 1.68 bits per heavy atom. The highest BCUT2D eigenvalue weighted by Crippen LogP contribution is 2.27. The second-order valence-corrected chi connectivity index (χ2v) is 8.36. The SMILES string of the molecule is CC(C)n1ncc2c1CC[C@@H](N[C@@H]1CCc3c(cnn3C(C)C)C1)C2. The summed E-state index contributed by atoms with van der Waals surface area (Å²) in [6, 6.07) is 2.10. The lowest BCUT2D eigenvalue weighted by Gasteiger charge is -2.31. The van der Waals surface area contributed by atoms with Crippen molar-refractivity contribution in [3.63, 3.8) is 0 Å². The van der Waals surface area contributed by atoms with Gasteiger partial charge in [-0.2, -0.15) is 10.2 Å². The highest BCUT2D eigenvalue weighted by Gasteiger charge is 2.28. The van der Waals surface area contributed by atoms with Crippen molar-refractivity contribution in [1.29, 1.82) is 0 Å². The van der Waals surface area contributed by atoms with Crippen molar-refractivity contribution in [2.24, 2.45) is 0 Å². The number of nitrogens with zero attached hydrogens (tertiary/aromatic N) is 4. The molecule has 0 fully saturated rings. The molecule has 0 saturated heterocycles. The number of hydrogen-bond acceptors (Lipinski definition) is 3. The summed E-state index contributed by atoms with van der Waals surface area (Å²) < 4.78 is 4.41. The number of aromatic nitrogens is 4. The molecule has 25 heavy (non-hydrogen) atoms. The lowest BCUT2D eigenvalue weighted by Crippen LogP contribution is -2.44. The van der Waals surface area contributed by atoms with Gasteiger partial charge in [0.05, 0.1) is 12.4 Å². The van der Waals surface area contributed by atoms with Gasteiger partial charge in [-0.1, -0.05) is 0 Å². The third-order valence-electron chi connectivity index (χ3n) is 5.81. The van der Waals surface area contributed by atoms with Gasteiger partial charge < -0.3 is 5.32 Å². The molecular formula is C20H31N5. The molecule has 136 valence electrons. The molecule has 2 aromatic heterocycles. The fourth-order valence-corrected chi connectivity index (χ4v) is 4.60. The van der Waals surface area contributed by atoms with Gasteiger partial charge in [0.15, 0.2) is 0 Å². The van der Waals surface area contributed by atoms with Crippen molar-refractivity contribution in [2.45, 2.75) is 90.4 Å². The first kappa shape index (κ1) is 16.8. The van der Waals surface area contributed by atoms with E-state index in [1.165, 1.54) is 35.4 Å². The molecular weight excluding hydrogens is 310 g/mol. The number of hydrogen-bond donors (Lipinski definition) is 1. The largest absolute Gasteiger partial charge is 0.311 e. The van der Waals surface area contributed by atoms with Gasteiger partial charge in [-0.15, -0.1) is 0 Å². The molecule has 2 aromatic rings. The van der Waals surface area contributed by atoms with Crippen LogP contribution in [-0.4, -0.2) is 31.6 Å². The predicted octanol–water partition coefficient (Wildman–Crippen LogP) is 3.25. The van der Waals surface area contributed by atoms with Crippen molar-refractivity contribution in [1.82, 2.24) is 24.9 Å². The van der Waals surface area contributed by atoms with Crippen molar-refractivity contribution in [2.75, 3.05) is 0 Å². The van der Waals surface area contributed by atoms with Crippen molar-refractivity contribution >= 4 is 0 Å². The van der Waals surface area contributed by atoms with Gasteiger partial charge in [0.2, 0.25) is 0 Å². The van der Waals surface area contributed by atoms with E-state index in [0.29, 0.717) is 24.2 Å². The number of fused-ring (bicyclic) bond motifs is 2. The quantitative estimate of drug-likeness (QED) is 0.929. The summed E-state index contributed by atoms with van der Waals surface area (Å²) in [5, 5.41) is 13.2. The van der Waals surface area contributed by atoms with Crippen LogP contribution < -0.4 is 5.32 Å². The Balaban J connectivity index is 1.40. The first-order valence-corrected chi connectivity index (χ1v) is 9.89. The van der Waals surface area contributed by atoms with Crippen LogP contribution in [0.25, 0.3) is 0 Å². The van der Waals surface area contributed by atoms with Crippen molar-refractivity contribution < 1.29 is 0 Å². The summed E-state index contributed by atoms with van der Waals surface area (Å²) in [5.74, 6) is 0. The minimum absolute atomic E-state index is 0.461. The van der Waals surface area contributed by atoms with Crippen LogP contribution in [0.5, 0.6) is 0 Å². The third-order valence-corrected chi connectivity index (χ3v) is 5.81. The average Bonchev–Trinajstić information content (AvgIpc) is 3.17. The minimum Gasteiger partial charge on any atom is -0.311 e. The molecule has 5 heteroatoms. The maximum atomic E-state index is 4.61. The summed E-state index contributed by atoms with van der Waals surface area (Å²) in [6.07, 6.45) is 11.2. The molecule has 0 amide bonds. The first-order valence-electron chi connectivity index (χ1n) is 9.89. The lowest BCUT2D eigenvalue weighted by atomic mass is 9.89. The molecule has 2 atom stereocenters. The van der Waals surface area contributed by atoms with E-state index in [0.717, 1.165) is 25.7 Å². The molecule has 0 radical (unpaired) electrons. The van der Waals surface area contributed by atoms with Crippen LogP contribution in [-0.2, 0) is 25.7 Å². The van der Waals surface area contributed by atoms with Gasteiger partial charge in [0.25, 0.3) is 0 Å². The maximum Gasteiger partial charge on any atom is 0.0525 e. The fourth-order valence-electron chi connectivity index (χ4n) is 4.60. The predicted molar refractivity (Wildman–Crippen MR) is 100.0 cm³/mol. The van der Waals surface area contributed by atoms with Gasteiger partial charge >= 0.3 is 0 Å². The second kappa shape index (κ2) is 6.60. The van der Waals surface area contributed by atoms with E-state index in [9.17, 15) is 0 Å². The van der Waals surface area contributed by atoms with Gasteiger partial charge in [-0.25, -0.2) is 0 Å². The van der Waals surface area contributed by atoms with E-state index in [1.807, 2.05) is 0 Å². The highest BCUT2D eigenvalue weighted by molar-refractivity contribution is 5.25. The van der Waals surface area contributed by atoms with E-state index in [1.54, 1.807) is 0 Å². The molecule has 4 rings (SSSR count). The topological polar surface area (TPSA) is 47.7 Å². The Bertz CT molecular complexity index is 677. The Morgan fingerprint density at radius 2 is 1.28 bits per heavy atom. The molecule has 0 bridgehead atoms. The van der Waals surface area contributed by atoms with E-state index in [2.05, 4.69) is 65.0 Å². The minimum atomic E-state index is 0.461. The zero-order valence-corrected chi connectivity index (χ0v) is 16.0. The van der Waals surface area contributed by atoms with Crippen LogP contribution >= 0.6 is 0 Å². The van der Waals surface area contributed by atoms with Crippen molar-refractivity contribution in [3.05, 3.63) is 34.9 Å². The fraction of sp³-hybridized carbons (Fsp3) is 0.700. The summed E-state index contributed by atoms with van der Waals surface area (Å²) in [5.41, 5.74) is 5.80. The molecule has 0 aromatic carbocycles. The molecule has 1 N–H and O–H groups in total. The highest BCUT2D eigenvalue weighted by atomic mass is 15.3. The summed E-state index contributed by atoms with van der Waals surface area (Å²) in [7, 11) is 0. The van der Waals surface area contributed by atoms with E-state index < -0.39 is 0 Å². The standard InChI is InChI=1S/C20H31N5/c1-13(2)24-19-7-5-17(9-15(19)11-21-24)23-18-6-8-20-16(10-18)12-22-25(20)14(3)4/h11-14,17-18,23H,5-10H2,1-4H3/t17-,18-/m1/s1. The molecule has 2 aliphatic carbocycles. The van der Waals surface area contributed by atoms with Gasteiger partial charge in [-0.3, -0.25) is 9.36 Å². The van der Waals surface area contributed by atoms with Gasteiger partial charge in [0.1, 0.15) is 0 Å². The first-order chi connectivity index (χ1) is 12.0. The van der Waals surface area contributed by atoms with Crippen LogP contribution in [0.4, 0.5) is 0 Å². The zero-order valence-electron chi connectivity index (χ0n) is 16.0. The van der Waals surface area contributed by atoms with Crippen LogP contribution in [0.2, 0.25) is 0 Å². The Kier molecular flexibility index (Phi) is 4.44. The second-order valence-electron chi connectivity index (χ2n) is 8.36. The Hall–Kier alpha value is -1.62. The van der Waals surface area contributed by atoms with Crippen LogP contribution in [0, 0.1) is 0 Å². The number of nitrogens with one attached hydrogen (secondary N) is 1. The number of rotatable bonds is 4. The van der Waals surface area contributed by atoms with Crippen molar-refractivity contribution in [3.8, 4) is 0 Å². The molecule has 0 saturated carbocycles. The molecule has 0 spiro atoms. The summed E-state index contributed by atoms with van der Waals surface area (Å²) >= 11 is 0. The van der Waals surface area contributed by atoms with Gasteiger partial charge in [0, 0.05) is 35.6 Å². The third kappa shape index (κ3) is 3.14. The molecule has 0 aliphatic heterocycles. The molecule has 5 nitrogen and oxygen atoms in total. The summed E-state index contributed by atoms with van der Waals surface area (Å²) in [6.45, 7) is 8.87. The Labute approximate surface area is 150 Å². The van der Waals surface area contributed by atoms with Crippen LogP contribution in [0.1, 0.15) is 75.1 Å². The van der Waals surface area contributed by atoms with E-state index in [-0.39, 0.29) is 0 Å². The van der Waals surface area contributed by atoms with Crippen LogP contribution in [0.3, 0.4) is 0 Å². The molecule has 2 aliphatic rings. The monoisotopic (exact) mass is 341 g/mol. The lowest BCUT2D eigenvalue weighted by molar-refractivity contribution is 0.355. The smallest absolute Gasteiger partial charge is 0.0525 e. The van der Waals surface area contributed by atoms with Crippen LogP contribution in [0.15, 0.2) is 12.4 Å². The summed E-state index contributed by atoms with van der Waals surface area (Å²) in [4.78, 5) is 0. The van der Waals surface area contributed by atoms with E-state index in [4.69, 9.17) is 0 Å². The Morgan fingerprint density at radius 1 is 0.840 bits per heavy atom. The molecule has 2 heterocycles. The normalized spacial score (nSPS) is 23.1. The zero-order chi connectivity index (χ0) is 17.6.